The average molecular weight is 508 g/mol. The van der Waals surface area contributed by atoms with E-state index in [2.05, 4.69) is 22.0 Å². The molecule has 36 heavy (non-hydrogen) atoms. The molecule has 0 N–H and O–H groups in total. The molecular formula is C28H33N3O4S. The third-order valence-corrected chi connectivity index (χ3v) is 11.2. The van der Waals surface area contributed by atoms with Crippen LogP contribution in [-0.4, -0.2) is 65.8 Å². The van der Waals surface area contributed by atoms with E-state index < -0.39 is 0 Å². The SMILES string of the molecule is COc1ccc2c3c1O[C@H]1[C@H]4CC[C@@]5(CCN4C(=O)OCc4nccs4)[C@@H](C2)N(CC2CC2)CC[C@]315. The lowest BCUT2D eigenvalue weighted by molar-refractivity contribution is -0.129. The summed E-state index contributed by atoms with van der Waals surface area (Å²) in [6, 6.07) is 4.92. The van der Waals surface area contributed by atoms with Gasteiger partial charge in [-0.25, -0.2) is 9.78 Å². The lowest BCUT2D eigenvalue weighted by Gasteiger charge is -2.65. The number of nitrogens with zero attached hydrogens (tertiary/aromatic N) is 3. The van der Waals surface area contributed by atoms with Crippen LogP contribution in [0.4, 0.5) is 4.79 Å². The first-order valence-corrected chi connectivity index (χ1v) is 14.5. The molecule has 7 aliphatic rings. The summed E-state index contributed by atoms with van der Waals surface area (Å²) in [6.07, 6.45) is 9.56. The highest BCUT2D eigenvalue weighted by atomic mass is 32.1. The number of benzene rings is 1. The second kappa shape index (κ2) is 7.60. The van der Waals surface area contributed by atoms with Crippen molar-refractivity contribution >= 4 is 17.4 Å². The minimum Gasteiger partial charge on any atom is -0.493 e. The predicted molar refractivity (Wildman–Crippen MR) is 135 cm³/mol. The fraction of sp³-hybridized carbons (Fsp3) is 0.643. The molecule has 8 heteroatoms. The summed E-state index contributed by atoms with van der Waals surface area (Å²) in [5.74, 6) is 2.66. The highest BCUT2D eigenvalue weighted by molar-refractivity contribution is 7.09. The normalized spacial score (nSPS) is 35.7. The van der Waals surface area contributed by atoms with Gasteiger partial charge in [0, 0.05) is 47.1 Å². The van der Waals surface area contributed by atoms with E-state index >= 15 is 0 Å². The molecule has 5 atom stereocenters. The van der Waals surface area contributed by atoms with Crippen LogP contribution in [0.1, 0.15) is 54.7 Å². The van der Waals surface area contributed by atoms with Crippen molar-refractivity contribution < 1.29 is 19.0 Å². The van der Waals surface area contributed by atoms with Gasteiger partial charge in [-0.2, -0.15) is 0 Å². The quantitative estimate of drug-likeness (QED) is 0.599. The number of fused-ring (bicyclic) bond motifs is 3. The molecule has 5 heterocycles. The summed E-state index contributed by atoms with van der Waals surface area (Å²) in [4.78, 5) is 22.7. The number of carbonyl (C=O) groups excluding carboxylic acids is 1. The molecule has 0 unspecified atom stereocenters. The van der Waals surface area contributed by atoms with Crippen molar-refractivity contribution in [2.24, 2.45) is 11.3 Å². The molecule has 2 saturated carbocycles. The highest BCUT2D eigenvalue weighted by Crippen LogP contribution is 2.71. The van der Waals surface area contributed by atoms with E-state index in [0.717, 1.165) is 67.6 Å². The van der Waals surface area contributed by atoms with Gasteiger partial charge in [-0.1, -0.05) is 6.07 Å². The molecule has 7 nitrogen and oxygen atoms in total. The molecular weight excluding hydrogens is 474 g/mol. The summed E-state index contributed by atoms with van der Waals surface area (Å²) in [5.41, 5.74) is 2.92. The zero-order chi connectivity index (χ0) is 24.1. The van der Waals surface area contributed by atoms with E-state index in [1.165, 1.54) is 41.9 Å². The number of piperidine rings is 1. The van der Waals surface area contributed by atoms with Crippen molar-refractivity contribution in [2.45, 2.75) is 75.2 Å². The van der Waals surface area contributed by atoms with Gasteiger partial charge in [-0.15, -0.1) is 11.3 Å². The molecule has 4 bridgehead atoms. The van der Waals surface area contributed by atoms with Gasteiger partial charge < -0.3 is 19.1 Å². The standard InChI is InChI=1S/C28H33N3O4S/c1-33-20-5-4-18-14-21-27-7-6-19(31(12-8-27)26(32)34-16-22-29-10-13-36-22)25-28(27,23(18)24(20)35-25)9-11-30(21)15-17-2-3-17/h4-5,10,13,17,19,21,25H,2-3,6-9,11-12,14-16H2,1H3/t19-,21-,25+,27-,28+/m1/s1. The Labute approximate surface area is 215 Å². The molecule has 0 radical (unpaired) electrons. The number of rotatable bonds is 5. The summed E-state index contributed by atoms with van der Waals surface area (Å²) < 4.78 is 18.6. The maximum Gasteiger partial charge on any atom is 0.410 e. The number of likely N-dealkylation sites (tertiary alicyclic amines) is 1. The third kappa shape index (κ3) is 2.72. The smallest absolute Gasteiger partial charge is 0.410 e. The molecule has 190 valence electrons. The number of aromatic nitrogens is 1. The van der Waals surface area contributed by atoms with E-state index in [-0.39, 0.29) is 35.7 Å². The van der Waals surface area contributed by atoms with Crippen LogP contribution in [0.25, 0.3) is 0 Å². The lowest BCUT2D eigenvalue weighted by Crippen LogP contribution is -2.72. The summed E-state index contributed by atoms with van der Waals surface area (Å²) in [6.45, 7) is 3.33. The second-order valence-corrected chi connectivity index (χ2v) is 12.7. The predicted octanol–water partition coefficient (Wildman–Crippen LogP) is 4.38. The van der Waals surface area contributed by atoms with Gasteiger partial charge in [0.15, 0.2) is 11.5 Å². The number of hydrogen-bond donors (Lipinski definition) is 0. The largest absolute Gasteiger partial charge is 0.493 e. The zero-order valence-electron chi connectivity index (χ0n) is 20.8. The Hall–Kier alpha value is -2.32. The fourth-order valence-electron chi connectivity index (χ4n) is 8.90. The number of carbonyl (C=O) groups is 1. The van der Waals surface area contributed by atoms with Crippen molar-refractivity contribution in [1.82, 2.24) is 14.8 Å². The first-order valence-electron chi connectivity index (χ1n) is 13.6. The number of thiazole rings is 1. The van der Waals surface area contributed by atoms with Crippen LogP contribution in [0.3, 0.4) is 0 Å². The molecule has 1 aromatic heterocycles. The van der Waals surface area contributed by atoms with Crippen LogP contribution in [-0.2, 0) is 23.2 Å². The Kier molecular flexibility index (Phi) is 4.59. The average Bonchev–Trinajstić information content (AvgIpc) is 3.51. The van der Waals surface area contributed by atoms with Crippen molar-refractivity contribution in [3.8, 4) is 11.5 Å². The highest BCUT2D eigenvalue weighted by Gasteiger charge is 2.74. The molecule has 9 rings (SSSR count). The van der Waals surface area contributed by atoms with E-state index in [9.17, 15) is 4.79 Å². The maximum absolute atomic E-state index is 13.5. The molecule has 1 aromatic carbocycles. The van der Waals surface area contributed by atoms with Crippen LogP contribution in [0.5, 0.6) is 11.5 Å². The van der Waals surface area contributed by atoms with Crippen LogP contribution in [0.15, 0.2) is 23.7 Å². The Bertz CT molecular complexity index is 1220. The van der Waals surface area contributed by atoms with Gasteiger partial charge >= 0.3 is 6.09 Å². The zero-order valence-corrected chi connectivity index (χ0v) is 21.6. The molecule has 3 saturated heterocycles. The molecule has 5 fully saturated rings. The topological polar surface area (TPSA) is 64.1 Å². The van der Waals surface area contributed by atoms with Crippen LogP contribution in [0.2, 0.25) is 0 Å². The molecule has 2 spiro atoms. The number of ether oxygens (including phenoxy) is 3. The Balaban J connectivity index is 1.22. The molecule has 4 aliphatic heterocycles. The Morgan fingerprint density at radius 1 is 1.22 bits per heavy atom. The van der Waals surface area contributed by atoms with Gasteiger partial charge in [-0.05, 0) is 69.0 Å². The van der Waals surface area contributed by atoms with Crippen LogP contribution < -0.4 is 9.47 Å². The fourth-order valence-corrected chi connectivity index (χ4v) is 9.42. The van der Waals surface area contributed by atoms with Crippen molar-refractivity contribution in [1.29, 1.82) is 0 Å². The first kappa shape index (κ1) is 21.7. The van der Waals surface area contributed by atoms with Gasteiger partial charge in [0.1, 0.15) is 17.7 Å². The van der Waals surface area contributed by atoms with Gasteiger partial charge in [0.05, 0.1) is 13.2 Å². The van der Waals surface area contributed by atoms with E-state index in [1.807, 2.05) is 10.3 Å². The van der Waals surface area contributed by atoms with Gasteiger partial charge in [0.2, 0.25) is 0 Å². The number of hydrogen-bond acceptors (Lipinski definition) is 7. The van der Waals surface area contributed by atoms with E-state index in [4.69, 9.17) is 14.2 Å². The third-order valence-electron chi connectivity index (χ3n) is 10.4. The lowest BCUT2D eigenvalue weighted by atomic mass is 9.42. The summed E-state index contributed by atoms with van der Waals surface area (Å²) in [7, 11) is 1.74. The minimum absolute atomic E-state index is 0.0168. The van der Waals surface area contributed by atoms with Gasteiger partial charge in [0.25, 0.3) is 0 Å². The van der Waals surface area contributed by atoms with Crippen molar-refractivity contribution in [2.75, 3.05) is 26.7 Å². The van der Waals surface area contributed by atoms with Crippen LogP contribution >= 0.6 is 11.3 Å². The molecule has 1 amide bonds. The van der Waals surface area contributed by atoms with Gasteiger partial charge in [-0.3, -0.25) is 4.90 Å². The van der Waals surface area contributed by atoms with E-state index in [0.29, 0.717) is 6.04 Å². The van der Waals surface area contributed by atoms with Crippen molar-refractivity contribution in [3.05, 3.63) is 39.8 Å². The monoisotopic (exact) mass is 507 g/mol. The Morgan fingerprint density at radius 2 is 2.14 bits per heavy atom. The Morgan fingerprint density at radius 3 is 2.94 bits per heavy atom. The second-order valence-electron chi connectivity index (χ2n) is 11.7. The maximum atomic E-state index is 13.5. The number of amides is 1. The first-order chi connectivity index (χ1) is 17.6. The molecule has 3 aliphatic carbocycles. The van der Waals surface area contributed by atoms with Crippen LogP contribution in [0, 0.1) is 11.3 Å². The van der Waals surface area contributed by atoms with E-state index in [1.54, 1.807) is 13.3 Å². The van der Waals surface area contributed by atoms with Crippen molar-refractivity contribution in [3.63, 3.8) is 0 Å². The summed E-state index contributed by atoms with van der Waals surface area (Å²) >= 11 is 1.52. The number of methoxy groups -OCH3 is 1. The summed E-state index contributed by atoms with van der Waals surface area (Å²) in [5, 5.41) is 2.75. The molecule has 2 aromatic rings. The minimum atomic E-state index is -0.224.